The van der Waals surface area contributed by atoms with Gasteiger partial charge in [-0.1, -0.05) is 30.3 Å². The normalized spacial score (nSPS) is 14.7. The highest BCUT2D eigenvalue weighted by Gasteiger charge is 2.21. The number of carbonyl (C=O) groups excluding carboxylic acids is 1. The summed E-state index contributed by atoms with van der Waals surface area (Å²) in [6, 6.07) is 14.9. The summed E-state index contributed by atoms with van der Waals surface area (Å²) in [4.78, 5) is 19.9. The number of hydrogen-bond acceptors (Lipinski definition) is 6. The standard InChI is InChI=1S/C21H19N5O2/c1-14-23-24-21-20(25-9-11-28-12-10-25)22-17-8-7-16(13-18(17)26(14)21)19(27)15-5-3-2-4-6-15/h2-8,13H,9-12H2,1H3. The molecule has 1 fully saturated rings. The highest BCUT2D eigenvalue weighted by Crippen LogP contribution is 2.26. The van der Waals surface area contributed by atoms with Crippen molar-refractivity contribution in [3.05, 3.63) is 65.5 Å². The average Bonchev–Trinajstić information content (AvgIpc) is 3.15. The van der Waals surface area contributed by atoms with Crippen LogP contribution in [0.5, 0.6) is 0 Å². The Morgan fingerprint density at radius 2 is 1.79 bits per heavy atom. The molecular weight excluding hydrogens is 354 g/mol. The first-order valence-electron chi connectivity index (χ1n) is 9.30. The Morgan fingerprint density at radius 3 is 2.57 bits per heavy atom. The van der Waals surface area contributed by atoms with E-state index in [4.69, 9.17) is 9.72 Å². The third kappa shape index (κ3) is 2.71. The van der Waals surface area contributed by atoms with Crippen molar-refractivity contribution in [3.8, 4) is 0 Å². The van der Waals surface area contributed by atoms with Gasteiger partial charge in [-0.25, -0.2) is 4.98 Å². The maximum absolute atomic E-state index is 12.9. The molecule has 7 heteroatoms. The quantitative estimate of drug-likeness (QED) is 0.514. The van der Waals surface area contributed by atoms with E-state index in [1.807, 2.05) is 59.9 Å². The molecule has 2 aromatic carbocycles. The molecule has 7 nitrogen and oxygen atoms in total. The van der Waals surface area contributed by atoms with Crippen LogP contribution in [0, 0.1) is 6.92 Å². The number of ether oxygens (including phenoxy) is 1. The van der Waals surface area contributed by atoms with Crippen molar-refractivity contribution in [1.82, 2.24) is 19.6 Å². The second kappa shape index (κ2) is 6.69. The van der Waals surface area contributed by atoms with Crippen LogP contribution in [0.1, 0.15) is 21.7 Å². The van der Waals surface area contributed by atoms with Gasteiger partial charge in [-0.2, -0.15) is 0 Å². The van der Waals surface area contributed by atoms with Gasteiger partial charge in [0.25, 0.3) is 0 Å². The Hall–Kier alpha value is -3.32. The molecule has 4 aromatic rings. The second-order valence-corrected chi connectivity index (χ2v) is 6.84. The van der Waals surface area contributed by atoms with Gasteiger partial charge in [0, 0.05) is 24.2 Å². The van der Waals surface area contributed by atoms with Crippen molar-refractivity contribution in [3.63, 3.8) is 0 Å². The van der Waals surface area contributed by atoms with Gasteiger partial charge >= 0.3 is 0 Å². The minimum absolute atomic E-state index is 0.0152. The Morgan fingerprint density at radius 1 is 1.00 bits per heavy atom. The largest absolute Gasteiger partial charge is 0.378 e. The molecule has 2 aromatic heterocycles. The Kier molecular flexibility index (Phi) is 4.02. The molecule has 28 heavy (non-hydrogen) atoms. The average molecular weight is 373 g/mol. The van der Waals surface area contributed by atoms with E-state index < -0.39 is 0 Å². The lowest BCUT2D eigenvalue weighted by Crippen LogP contribution is -2.37. The molecule has 1 saturated heterocycles. The fourth-order valence-electron chi connectivity index (χ4n) is 3.64. The molecular formula is C21H19N5O2. The topological polar surface area (TPSA) is 72.6 Å². The van der Waals surface area contributed by atoms with Crippen molar-refractivity contribution in [2.45, 2.75) is 6.92 Å². The minimum atomic E-state index is -0.0152. The molecule has 0 aliphatic carbocycles. The first-order valence-corrected chi connectivity index (χ1v) is 9.30. The van der Waals surface area contributed by atoms with Crippen LogP contribution in [0.25, 0.3) is 16.7 Å². The first-order chi connectivity index (χ1) is 13.7. The summed E-state index contributed by atoms with van der Waals surface area (Å²) in [5, 5.41) is 8.62. The fourth-order valence-corrected chi connectivity index (χ4v) is 3.64. The Labute approximate surface area is 161 Å². The number of aromatic nitrogens is 4. The minimum Gasteiger partial charge on any atom is -0.378 e. The fraction of sp³-hybridized carbons (Fsp3) is 0.238. The predicted octanol–water partition coefficient (Wildman–Crippen LogP) is 2.65. The molecule has 0 radical (unpaired) electrons. The van der Waals surface area contributed by atoms with Crippen molar-refractivity contribution in [2.24, 2.45) is 0 Å². The zero-order valence-electron chi connectivity index (χ0n) is 15.5. The lowest BCUT2D eigenvalue weighted by atomic mass is 10.0. The van der Waals surface area contributed by atoms with Crippen LogP contribution < -0.4 is 4.90 Å². The first kappa shape index (κ1) is 16.8. The van der Waals surface area contributed by atoms with Gasteiger partial charge in [0.15, 0.2) is 11.6 Å². The lowest BCUT2D eigenvalue weighted by Gasteiger charge is -2.28. The van der Waals surface area contributed by atoms with E-state index in [-0.39, 0.29) is 5.78 Å². The van der Waals surface area contributed by atoms with Gasteiger partial charge in [0.05, 0.1) is 24.2 Å². The van der Waals surface area contributed by atoms with Gasteiger partial charge < -0.3 is 9.64 Å². The molecule has 0 spiro atoms. The van der Waals surface area contributed by atoms with Crippen molar-refractivity contribution >= 4 is 28.3 Å². The van der Waals surface area contributed by atoms with E-state index in [2.05, 4.69) is 15.1 Å². The molecule has 0 unspecified atom stereocenters. The van der Waals surface area contributed by atoms with Crippen molar-refractivity contribution in [2.75, 3.05) is 31.2 Å². The number of aryl methyl sites for hydroxylation is 1. The van der Waals surface area contributed by atoms with E-state index in [9.17, 15) is 4.79 Å². The number of hydrogen-bond donors (Lipinski definition) is 0. The molecule has 0 N–H and O–H groups in total. The van der Waals surface area contributed by atoms with E-state index in [1.54, 1.807) is 0 Å². The summed E-state index contributed by atoms with van der Waals surface area (Å²) in [5.41, 5.74) is 3.62. The number of fused-ring (bicyclic) bond motifs is 3. The van der Waals surface area contributed by atoms with Crippen LogP contribution >= 0.6 is 0 Å². The molecule has 5 rings (SSSR count). The lowest BCUT2D eigenvalue weighted by molar-refractivity contribution is 0.103. The van der Waals surface area contributed by atoms with Crippen LogP contribution in [0.2, 0.25) is 0 Å². The molecule has 1 aliphatic heterocycles. The number of morpholine rings is 1. The summed E-state index contributed by atoms with van der Waals surface area (Å²) >= 11 is 0. The predicted molar refractivity (Wildman–Crippen MR) is 106 cm³/mol. The molecule has 0 saturated carbocycles. The molecule has 0 bridgehead atoms. The summed E-state index contributed by atoms with van der Waals surface area (Å²) in [7, 11) is 0. The van der Waals surface area contributed by atoms with E-state index >= 15 is 0 Å². The summed E-state index contributed by atoms with van der Waals surface area (Å²) in [6.07, 6.45) is 0. The van der Waals surface area contributed by atoms with Crippen LogP contribution in [-0.4, -0.2) is 51.7 Å². The second-order valence-electron chi connectivity index (χ2n) is 6.84. The van der Waals surface area contributed by atoms with Gasteiger partial charge in [-0.15, -0.1) is 10.2 Å². The number of anilines is 1. The number of carbonyl (C=O) groups is 1. The summed E-state index contributed by atoms with van der Waals surface area (Å²) in [6.45, 7) is 4.79. The molecule has 0 atom stereocenters. The molecule has 140 valence electrons. The number of benzene rings is 2. The van der Waals surface area contributed by atoms with Gasteiger partial charge in [-0.3, -0.25) is 9.20 Å². The molecule has 3 heterocycles. The van der Waals surface area contributed by atoms with E-state index in [0.717, 1.165) is 35.8 Å². The van der Waals surface area contributed by atoms with E-state index in [1.165, 1.54) is 0 Å². The van der Waals surface area contributed by atoms with Gasteiger partial charge in [0.2, 0.25) is 5.65 Å². The third-order valence-electron chi connectivity index (χ3n) is 5.08. The number of nitrogens with zero attached hydrogens (tertiary/aromatic N) is 5. The van der Waals surface area contributed by atoms with Gasteiger partial charge in [-0.05, 0) is 25.1 Å². The zero-order valence-corrected chi connectivity index (χ0v) is 15.5. The zero-order chi connectivity index (χ0) is 19.1. The number of ketones is 1. The Bertz CT molecular complexity index is 1180. The van der Waals surface area contributed by atoms with Crippen molar-refractivity contribution in [1.29, 1.82) is 0 Å². The van der Waals surface area contributed by atoms with Crippen molar-refractivity contribution < 1.29 is 9.53 Å². The molecule has 1 aliphatic rings. The number of rotatable bonds is 3. The van der Waals surface area contributed by atoms with E-state index in [0.29, 0.717) is 30.0 Å². The maximum Gasteiger partial charge on any atom is 0.204 e. The highest BCUT2D eigenvalue weighted by molar-refractivity contribution is 6.10. The molecule has 0 amide bonds. The summed E-state index contributed by atoms with van der Waals surface area (Å²) in [5.74, 6) is 1.55. The van der Waals surface area contributed by atoms with Crippen LogP contribution in [-0.2, 0) is 4.74 Å². The van der Waals surface area contributed by atoms with Crippen LogP contribution in [0.4, 0.5) is 5.82 Å². The third-order valence-corrected chi connectivity index (χ3v) is 5.08. The maximum atomic E-state index is 12.9. The Balaban J connectivity index is 1.69. The highest BCUT2D eigenvalue weighted by atomic mass is 16.5. The SMILES string of the molecule is Cc1nnc2c(N3CCOCC3)nc3ccc(C(=O)c4ccccc4)cc3n12. The van der Waals surface area contributed by atoms with Crippen LogP contribution in [0.3, 0.4) is 0 Å². The van der Waals surface area contributed by atoms with Crippen LogP contribution in [0.15, 0.2) is 48.5 Å². The smallest absolute Gasteiger partial charge is 0.204 e. The monoisotopic (exact) mass is 373 g/mol. The summed E-state index contributed by atoms with van der Waals surface area (Å²) < 4.78 is 7.44. The van der Waals surface area contributed by atoms with Gasteiger partial charge in [0.1, 0.15) is 5.82 Å².